The van der Waals surface area contributed by atoms with Crippen LogP contribution < -0.4 is 0 Å². The molecule has 1 unspecified atom stereocenters. The minimum atomic E-state index is -0.652. The molecule has 1 atom stereocenters. The van der Waals surface area contributed by atoms with E-state index in [0.717, 1.165) is 25.7 Å². The van der Waals surface area contributed by atoms with Gasteiger partial charge in [-0.2, -0.15) is 0 Å². The van der Waals surface area contributed by atoms with Crippen LogP contribution in [-0.4, -0.2) is 23.8 Å². The normalized spacial score (nSPS) is 24.9. The van der Waals surface area contributed by atoms with E-state index in [1.165, 1.54) is 12.8 Å². The summed E-state index contributed by atoms with van der Waals surface area (Å²) in [5, 5.41) is 0. The second kappa shape index (κ2) is 6.55. The molecule has 1 aliphatic heterocycles. The zero-order chi connectivity index (χ0) is 13.6. The van der Waals surface area contributed by atoms with E-state index in [4.69, 9.17) is 9.47 Å². The molecule has 0 saturated carbocycles. The molecule has 1 saturated heterocycles. The highest BCUT2D eigenvalue weighted by Gasteiger charge is 2.72. The molecule has 0 amide bonds. The van der Waals surface area contributed by atoms with Gasteiger partial charge in [-0.05, 0) is 25.7 Å². The summed E-state index contributed by atoms with van der Waals surface area (Å²) in [6, 6.07) is 0. The SMILES string of the molecule is CCCCCCOC(=O)C1(CC)OC1(CC)CC. The van der Waals surface area contributed by atoms with Crippen molar-refractivity contribution in [1.29, 1.82) is 0 Å². The highest BCUT2D eigenvalue weighted by molar-refractivity contribution is 5.84. The van der Waals surface area contributed by atoms with Crippen molar-refractivity contribution in [2.45, 2.75) is 83.8 Å². The van der Waals surface area contributed by atoms with Gasteiger partial charge in [-0.15, -0.1) is 0 Å². The van der Waals surface area contributed by atoms with E-state index in [1.54, 1.807) is 0 Å². The molecule has 0 spiro atoms. The molecule has 1 fully saturated rings. The summed E-state index contributed by atoms with van der Waals surface area (Å²) in [5.41, 5.74) is -0.913. The van der Waals surface area contributed by atoms with Crippen molar-refractivity contribution < 1.29 is 14.3 Å². The number of carbonyl (C=O) groups excluding carboxylic acids is 1. The van der Waals surface area contributed by atoms with Gasteiger partial charge < -0.3 is 9.47 Å². The molecule has 1 aliphatic rings. The van der Waals surface area contributed by atoms with E-state index in [9.17, 15) is 4.79 Å². The van der Waals surface area contributed by atoms with Gasteiger partial charge in [0, 0.05) is 0 Å². The molecule has 0 aromatic rings. The molecule has 3 nitrogen and oxygen atoms in total. The monoisotopic (exact) mass is 256 g/mol. The highest BCUT2D eigenvalue weighted by Crippen LogP contribution is 2.55. The first kappa shape index (κ1) is 15.5. The summed E-state index contributed by atoms with van der Waals surface area (Å²) in [6.07, 6.45) is 6.97. The average molecular weight is 256 g/mol. The smallest absolute Gasteiger partial charge is 0.341 e. The van der Waals surface area contributed by atoms with Gasteiger partial charge in [0.05, 0.1) is 6.61 Å². The van der Waals surface area contributed by atoms with Crippen LogP contribution in [0.4, 0.5) is 0 Å². The zero-order valence-corrected chi connectivity index (χ0v) is 12.4. The number of carbonyl (C=O) groups is 1. The van der Waals surface area contributed by atoms with Crippen LogP contribution in [0.5, 0.6) is 0 Å². The minimum absolute atomic E-state index is 0.148. The number of ether oxygens (including phenoxy) is 2. The van der Waals surface area contributed by atoms with E-state index in [2.05, 4.69) is 20.8 Å². The Bertz CT molecular complexity index is 271. The molecule has 0 aliphatic carbocycles. The van der Waals surface area contributed by atoms with Crippen LogP contribution in [0.25, 0.3) is 0 Å². The van der Waals surface area contributed by atoms with Crippen molar-refractivity contribution in [2.24, 2.45) is 0 Å². The first-order chi connectivity index (χ1) is 8.62. The Kier molecular flexibility index (Phi) is 5.64. The fourth-order valence-electron chi connectivity index (χ4n) is 2.85. The summed E-state index contributed by atoms with van der Waals surface area (Å²) in [6.45, 7) is 8.87. The maximum atomic E-state index is 12.2. The van der Waals surface area contributed by atoms with E-state index in [0.29, 0.717) is 13.0 Å². The van der Waals surface area contributed by atoms with Gasteiger partial charge in [0.15, 0.2) is 5.60 Å². The van der Waals surface area contributed by atoms with Gasteiger partial charge in [-0.3, -0.25) is 0 Å². The number of epoxide rings is 1. The Morgan fingerprint density at radius 1 is 1.00 bits per heavy atom. The molecule has 106 valence electrons. The Labute approximate surface area is 111 Å². The van der Waals surface area contributed by atoms with Crippen LogP contribution >= 0.6 is 0 Å². The fourth-order valence-corrected chi connectivity index (χ4v) is 2.85. The van der Waals surface area contributed by atoms with Crippen molar-refractivity contribution in [3.05, 3.63) is 0 Å². The largest absolute Gasteiger partial charge is 0.463 e. The van der Waals surface area contributed by atoms with Crippen molar-refractivity contribution >= 4 is 5.97 Å². The quantitative estimate of drug-likeness (QED) is 0.357. The van der Waals surface area contributed by atoms with Crippen molar-refractivity contribution in [3.63, 3.8) is 0 Å². The number of rotatable bonds is 9. The molecule has 0 aromatic heterocycles. The van der Waals surface area contributed by atoms with E-state index >= 15 is 0 Å². The third-order valence-corrected chi connectivity index (χ3v) is 4.26. The van der Waals surface area contributed by atoms with Crippen molar-refractivity contribution in [1.82, 2.24) is 0 Å². The van der Waals surface area contributed by atoms with Gasteiger partial charge in [0.2, 0.25) is 0 Å². The lowest BCUT2D eigenvalue weighted by Crippen LogP contribution is -2.35. The molecule has 1 rings (SSSR count). The second-order valence-electron chi connectivity index (χ2n) is 5.18. The summed E-state index contributed by atoms with van der Waals surface area (Å²) >= 11 is 0. The number of hydrogen-bond acceptors (Lipinski definition) is 3. The lowest BCUT2D eigenvalue weighted by molar-refractivity contribution is -0.150. The van der Waals surface area contributed by atoms with E-state index in [-0.39, 0.29) is 11.6 Å². The first-order valence-corrected chi connectivity index (χ1v) is 7.49. The van der Waals surface area contributed by atoms with E-state index in [1.807, 2.05) is 6.92 Å². The van der Waals surface area contributed by atoms with Gasteiger partial charge in [0.1, 0.15) is 5.60 Å². The molecule has 18 heavy (non-hydrogen) atoms. The zero-order valence-electron chi connectivity index (χ0n) is 12.4. The first-order valence-electron chi connectivity index (χ1n) is 7.49. The number of hydrogen-bond donors (Lipinski definition) is 0. The van der Waals surface area contributed by atoms with Gasteiger partial charge >= 0.3 is 5.97 Å². The van der Waals surface area contributed by atoms with Crippen molar-refractivity contribution in [3.8, 4) is 0 Å². The third kappa shape index (κ3) is 2.71. The molecule has 0 N–H and O–H groups in total. The molecule has 0 bridgehead atoms. The Balaban J connectivity index is 2.41. The maximum Gasteiger partial charge on any atom is 0.341 e. The standard InChI is InChI=1S/C15H28O3/c1-5-9-10-11-12-17-13(16)15(8-4)14(6-2,7-3)18-15/h5-12H2,1-4H3. The number of unbranched alkanes of at least 4 members (excludes halogenated alkanes) is 3. The van der Waals surface area contributed by atoms with Crippen LogP contribution in [0.15, 0.2) is 0 Å². The van der Waals surface area contributed by atoms with Crippen LogP contribution in [0.3, 0.4) is 0 Å². The van der Waals surface area contributed by atoms with Gasteiger partial charge in [-0.1, -0.05) is 47.0 Å². The lowest BCUT2D eigenvalue weighted by Gasteiger charge is -2.15. The molecular weight excluding hydrogens is 228 g/mol. The summed E-state index contributed by atoms with van der Waals surface area (Å²) in [7, 11) is 0. The predicted octanol–water partition coefficient (Wildman–Crippen LogP) is 3.85. The van der Waals surface area contributed by atoms with Crippen LogP contribution in [-0.2, 0) is 14.3 Å². The molecular formula is C15H28O3. The summed E-state index contributed by atoms with van der Waals surface area (Å²) in [4.78, 5) is 12.2. The predicted molar refractivity (Wildman–Crippen MR) is 72.5 cm³/mol. The topological polar surface area (TPSA) is 38.8 Å². The summed E-state index contributed by atoms with van der Waals surface area (Å²) < 4.78 is 11.2. The van der Waals surface area contributed by atoms with Crippen LogP contribution in [0.1, 0.15) is 72.6 Å². The molecule has 3 heteroatoms. The molecule has 0 aromatic carbocycles. The van der Waals surface area contributed by atoms with Gasteiger partial charge in [-0.25, -0.2) is 4.79 Å². The molecule has 0 radical (unpaired) electrons. The minimum Gasteiger partial charge on any atom is -0.463 e. The van der Waals surface area contributed by atoms with Crippen molar-refractivity contribution in [2.75, 3.05) is 6.61 Å². The van der Waals surface area contributed by atoms with Crippen LogP contribution in [0.2, 0.25) is 0 Å². The van der Waals surface area contributed by atoms with Gasteiger partial charge in [0.25, 0.3) is 0 Å². The van der Waals surface area contributed by atoms with Crippen LogP contribution in [0, 0.1) is 0 Å². The Morgan fingerprint density at radius 3 is 2.11 bits per heavy atom. The lowest BCUT2D eigenvalue weighted by atomic mass is 9.86. The molecule has 1 heterocycles. The fraction of sp³-hybridized carbons (Fsp3) is 0.933. The summed E-state index contributed by atoms with van der Waals surface area (Å²) in [5.74, 6) is -0.148. The third-order valence-electron chi connectivity index (χ3n) is 4.26. The Morgan fingerprint density at radius 2 is 1.67 bits per heavy atom. The maximum absolute atomic E-state index is 12.2. The average Bonchev–Trinajstić information content (AvgIpc) is 3.08. The second-order valence-corrected chi connectivity index (χ2v) is 5.18. The number of esters is 1. The van der Waals surface area contributed by atoms with E-state index < -0.39 is 5.60 Å². The highest BCUT2D eigenvalue weighted by atomic mass is 16.7. The Hall–Kier alpha value is -0.570.